The van der Waals surface area contributed by atoms with Gasteiger partial charge in [-0.25, -0.2) is 0 Å². The van der Waals surface area contributed by atoms with Gasteiger partial charge in [-0.3, -0.25) is 0 Å². The van der Waals surface area contributed by atoms with E-state index in [-0.39, 0.29) is 0 Å². The van der Waals surface area contributed by atoms with E-state index < -0.39 is 0 Å². The molecule has 0 atom stereocenters. The molecule has 0 aliphatic rings. The van der Waals surface area contributed by atoms with Crippen LogP contribution in [0.2, 0.25) is 0 Å². The Bertz CT molecular complexity index is 63.3. The van der Waals surface area contributed by atoms with Crippen molar-refractivity contribution in [2.45, 2.75) is 0 Å². The Balaban J connectivity index is 0. The van der Waals surface area contributed by atoms with Crippen molar-refractivity contribution < 1.29 is 4.79 Å². The summed E-state index contributed by atoms with van der Waals surface area (Å²) >= 11 is 0. The van der Waals surface area contributed by atoms with Gasteiger partial charge in [0.05, 0.1) is 0 Å². The molecule has 9 heavy (non-hydrogen) atoms. The van der Waals surface area contributed by atoms with Gasteiger partial charge in [0, 0.05) is 13.1 Å². The molecule has 0 fully saturated rings. The lowest BCUT2D eigenvalue weighted by Crippen LogP contribution is -2.11. The summed E-state index contributed by atoms with van der Waals surface area (Å²) in [7, 11) is 0. The van der Waals surface area contributed by atoms with Gasteiger partial charge in [-0.05, 0) is 0 Å². The van der Waals surface area contributed by atoms with Crippen molar-refractivity contribution in [2.24, 2.45) is 0 Å². The van der Waals surface area contributed by atoms with E-state index in [0.717, 1.165) is 13.1 Å². The predicted molar refractivity (Wildman–Crippen MR) is 40.4 cm³/mol. The van der Waals surface area contributed by atoms with Gasteiger partial charge in [0.2, 0.25) is 0 Å². The molecule has 0 aliphatic carbocycles. The molecule has 0 unspecified atom stereocenters. The number of rotatable bonds is 4. The molecule has 0 aliphatic heterocycles. The number of nitrogens with one attached hydrogen (secondary N) is 1. The fraction of sp³-hybridized carbons (Fsp3) is 0.286. The maximum atomic E-state index is 8.00. The molecule has 0 radical (unpaired) electrons. The first kappa shape index (κ1) is 11.0. The van der Waals surface area contributed by atoms with E-state index in [9.17, 15) is 0 Å². The quantitative estimate of drug-likeness (QED) is 0.446. The van der Waals surface area contributed by atoms with Crippen LogP contribution < -0.4 is 5.32 Å². The van der Waals surface area contributed by atoms with Crippen molar-refractivity contribution >= 4 is 6.79 Å². The molecule has 0 heterocycles. The molecular formula is C7H13NO. The van der Waals surface area contributed by atoms with Crippen LogP contribution >= 0.6 is 0 Å². The fourth-order valence-corrected chi connectivity index (χ4v) is 0.287. The molecule has 1 N–H and O–H groups in total. The molecular weight excluding hydrogens is 114 g/mol. The first-order chi connectivity index (χ1) is 4.41. The predicted octanol–water partition coefficient (Wildman–Crippen LogP) is 0.763. The molecule has 0 amide bonds. The van der Waals surface area contributed by atoms with E-state index in [1.165, 1.54) is 0 Å². The van der Waals surface area contributed by atoms with Gasteiger partial charge in [0.1, 0.15) is 6.79 Å². The van der Waals surface area contributed by atoms with E-state index in [1.807, 2.05) is 18.9 Å². The SMILES string of the molecule is C=CCNCC=C.C=O. The number of hydrogen-bond donors (Lipinski definition) is 1. The summed E-state index contributed by atoms with van der Waals surface area (Å²) in [6, 6.07) is 0. The lowest BCUT2D eigenvalue weighted by molar-refractivity contribution is -0.0979. The zero-order valence-corrected chi connectivity index (χ0v) is 5.60. The minimum Gasteiger partial charge on any atom is -0.310 e. The molecule has 0 saturated heterocycles. The molecule has 2 heteroatoms. The lowest BCUT2D eigenvalue weighted by atomic mass is 10.5. The molecule has 2 nitrogen and oxygen atoms in total. The van der Waals surface area contributed by atoms with Gasteiger partial charge >= 0.3 is 0 Å². The van der Waals surface area contributed by atoms with Gasteiger partial charge in [-0.15, -0.1) is 13.2 Å². The van der Waals surface area contributed by atoms with Crippen molar-refractivity contribution in [3.8, 4) is 0 Å². The highest BCUT2D eigenvalue weighted by molar-refractivity contribution is 5.10. The monoisotopic (exact) mass is 127 g/mol. The van der Waals surface area contributed by atoms with E-state index in [4.69, 9.17) is 4.79 Å². The van der Waals surface area contributed by atoms with Crippen LogP contribution in [-0.4, -0.2) is 19.9 Å². The van der Waals surface area contributed by atoms with Crippen LogP contribution in [0.3, 0.4) is 0 Å². The Morgan fingerprint density at radius 2 is 1.44 bits per heavy atom. The Labute approximate surface area is 56.3 Å². The van der Waals surface area contributed by atoms with Crippen LogP contribution in [0.15, 0.2) is 25.3 Å². The van der Waals surface area contributed by atoms with E-state index in [2.05, 4.69) is 18.5 Å². The minimum absolute atomic E-state index is 0.867. The van der Waals surface area contributed by atoms with Crippen LogP contribution in [0, 0.1) is 0 Å². The summed E-state index contributed by atoms with van der Waals surface area (Å²) in [5.41, 5.74) is 0. The summed E-state index contributed by atoms with van der Waals surface area (Å²) in [6.45, 7) is 10.8. The highest BCUT2D eigenvalue weighted by Gasteiger charge is 1.69. The molecule has 0 aromatic heterocycles. The van der Waals surface area contributed by atoms with Crippen LogP contribution in [0.4, 0.5) is 0 Å². The van der Waals surface area contributed by atoms with Crippen molar-refractivity contribution in [3.63, 3.8) is 0 Å². The Morgan fingerprint density at radius 1 is 1.11 bits per heavy atom. The number of carbonyl (C=O) groups is 1. The van der Waals surface area contributed by atoms with E-state index in [0.29, 0.717) is 0 Å². The fourth-order valence-electron chi connectivity index (χ4n) is 0.287. The van der Waals surface area contributed by atoms with Gasteiger partial charge < -0.3 is 10.1 Å². The maximum absolute atomic E-state index is 8.00. The second-order valence-electron chi connectivity index (χ2n) is 1.24. The molecule has 0 bridgehead atoms. The summed E-state index contributed by atoms with van der Waals surface area (Å²) in [6.07, 6.45) is 3.65. The highest BCUT2D eigenvalue weighted by Crippen LogP contribution is 1.59. The Kier molecular flexibility index (Phi) is 19.2. The molecule has 0 saturated carbocycles. The molecule has 0 aromatic carbocycles. The average molecular weight is 127 g/mol. The van der Waals surface area contributed by atoms with Crippen molar-refractivity contribution in [3.05, 3.63) is 25.3 Å². The van der Waals surface area contributed by atoms with Crippen molar-refractivity contribution in [1.29, 1.82) is 0 Å². The van der Waals surface area contributed by atoms with Crippen LogP contribution in [-0.2, 0) is 4.79 Å². The second-order valence-corrected chi connectivity index (χ2v) is 1.24. The van der Waals surface area contributed by atoms with Gasteiger partial charge in [0.25, 0.3) is 0 Å². The summed E-state index contributed by atoms with van der Waals surface area (Å²) < 4.78 is 0. The van der Waals surface area contributed by atoms with Gasteiger partial charge in [-0.1, -0.05) is 12.2 Å². The largest absolute Gasteiger partial charge is 0.310 e. The minimum atomic E-state index is 0.867. The first-order valence-electron chi connectivity index (χ1n) is 2.63. The highest BCUT2D eigenvalue weighted by atomic mass is 16.1. The lowest BCUT2D eigenvalue weighted by Gasteiger charge is -1.90. The van der Waals surface area contributed by atoms with E-state index >= 15 is 0 Å². The Hall–Kier alpha value is -0.890. The van der Waals surface area contributed by atoms with E-state index in [1.54, 1.807) is 0 Å². The van der Waals surface area contributed by atoms with Crippen LogP contribution in [0.25, 0.3) is 0 Å². The molecule has 0 rings (SSSR count). The van der Waals surface area contributed by atoms with Crippen LogP contribution in [0.5, 0.6) is 0 Å². The number of hydrogen-bond acceptors (Lipinski definition) is 2. The molecule has 0 aromatic rings. The molecule has 0 spiro atoms. The average Bonchev–Trinajstić information content (AvgIpc) is 1.94. The molecule has 52 valence electrons. The number of carbonyl (C=O) groups excluding carboxylic acids is 1. The third-order valence-corrected chi connectivity index (χ3v) is 0.577. The smallest absolute Gasteiger partial charge is 0.106 e. The zero-order chi connectivity index (χ0) is 7.54. The zero-order valence-electron chi connectivity index (χ0n) is 5.60. The third kappa shape index (κ3) is 19.2. The van der Waals surface area contributed by atoms with Gasteiger partial charge in [0.15, 0.2) is 0 Å². The van der Waals surface area contributed by atoms with Crippen molar-refractivity contribution in [1.82, 2.24) is 5.32 Å². The van der Waals surface area contributed by atoms with Gasteiger partial charge in [-0.2, -0.15) is 0 Å². The maximum Gasteiger partial charge on any atom is 0.106 e. The topological polar surface area (TPSA) is 29.1 Å². The first-order valence-corrected chi connectivity index (χ1v) is 2.63. The van der Waals surface area contributed by atoms with Crippen LogP contribution in [0.1, 0.15) is 0 Å². The summed E-state index contributed by atoms with van der Waals surface area (Å²) in [5, 5.41) is 3.05. The Morgan fingerprint density at radius 3 is 1.67 bits per heavy atom. The normalized spacial score (nSPS) is 6.67. The second kappa shape index (κ2) is 15.7. The standard InChI is InChI=1S/C6H11N.CH2O/c1-3-5-7-6-4-2;1-2/h3-4,7H,1-2,5-6H2;1H2. The van der Waals surface area contributed by atoms with Crippen molar-refractivity contribution in [2.75, 3.05) is 13.1 Å². The summed E-state index contributed by atoms with van der Waals surface area (Å²) in [4.78, 5) is 8.00. The third-order valence-electron chi connectivity index (χ3n) is 0.577. The summed E-state index contributed by atoms with van der Waals surface area (Å²) in [5.74, 6) is 0.